The molecule has 0 radical (unpaired) electrons. The number of carbonyl (C=O) groups is 2. The zero-order valence-corrected chi connectivity index (χ0v) is 19.7. The number of hydrazine groups is 1. The SMILES string of the molecule is N#CCCc1cccc(N=C2CC(c3ccccc3)N(C(=O)CC(=O)Nc3ccccc3)N2)c1Cl. The molecule has 1 aliphatic heterocycles. The van der Waals surface area contributed by atoms with Crippen molar-refractivity contribution in [3.8, 4) is 6.07 Å². The Morgan fingerprint density at radius 3 is 2.49 bits per heavy atom. The highest BCUT2D eigenvalue weighted by Gasteiger charge is 2.34. The first-order chi connectivity index (χ1) is 17.0. The third kappa shape index (κ3) is 6.05. The molecule has 4 rings (SSSR count). The van der Waals surface area contributed by atoms with Gasteiger partial charge < -0.3 is 5.32 Å². The van der Waals surface area contributed by atoms with Gasteiger partial charge in [0.15, 0.2) is 0 Å². The fourth-order valence-electron chi connectivity index (χ4n) is 3.92. The minimum atomic E-state index is -0.395. The number of aliphatic imine (C=N–C) groups is 1. The number of nitriles is 1. The van der Waals surface area contributed by atoms with Crippen LogP contribution in [0.3, 0.4) is 0 Å². The van der Waals surface area contributed by atoms with Gasteiger partial charge in [-0.3, -0.25) is 15.0 Å². The van der Waals surface area contributed by atoms with Gasteiger partial charge in [-0.1, -0.05) is 72.3 Å². The Kier molecular flexibility index (Phi) is 7.76. The van der Waals surface area contributed by atoms with Gasteiger partial charge in [0.2, 0.25) is 5.91 Å². The fourth-order valence-corrected chi connectivity index (χ4v) is 4.18. The summed E-state index contributed by atoms with van der Waals surface area (Å²) in [6, 6.07) is 25.9. The maximum absolute atomic E-state index is 13.2. The molecule has 1 aliphatic rings. The Hall–Kier alpha value is -4.15. The van der Waals surface area contributed by atoms with Crippen molar-refractivity contribution in [3.05, 3.63) is 95.0 Å². The normalized spacial score (nSPS) is 15.9. The van der Waals surface area contributed by atoms with Crippen LogP contribution in [-0.2, 0) is 16.0 Å². The van der Waals surface area contributed by atoms with Crippen LogP contribution in [0, 0.1) is 11.3 Å². The largest absolute Gasteiger partial charge is 0.326 e. The molecule has 1 atom stereocenters. The first kappa shape index (κ1) is 24.0. The first-order valence-corrected chi connectivity index (χ1v) is 11.6. The smallest absolute Gasteiger partial charge is 0.250 e. The van der Waals surface area contributed by atoms with Crippen LogP contribution in [0.5, 0.6) is 0 Å². The van der Waals surface area contributed by atoms with Gasteiger partial charge in [0.25, 0.3) is 5.91 Å². The number of amides is 2. The van der Waals surface area contributed by atoms with Crippen molar-refractivity contribution >= 4 is 40.6 Å². The topological polar surface area (TPSA) is 97.6 Å². The number of carbonyl (C=O) groups excluding carboxylic acids is 2. The van der Waals surface area contributed by atoms with Crippen molar-refractivity contribution in [1.82, 2.24) is 10.4 Å². The molecule has 3 aromatic carbocycles. The average molecular weight is 486 g/mol. The van der Waals surface area contributed by atoms with E-state index in [-0.39, 0.29) is 18.4 Å². The number of hydrogen-bond donors (Lipinski definition) is 2. The molecule has 1 heterocycles. The summed E-state index contributed by atoms with van der Waals surface area (Å²) >= 11 is 6.54. The molecule has 176 valence electrons. The Bertz CT molecular complexity index is 1270. The quantitative estimate of drug-likeness (QED) is 0.442. The van der Waals surface area contributed by atoms with E-state index in [9.17, 15) is 9.59 Å². The minimum absolute atomic E-state index is 0.317. The van der Waals surface area contributed by atoms with Gasteiger partial charge in [0, 0.05) is 18.5 Å². The molecule has 0 spiro atoms. The second-order valence-electron chi connectivity index (χ2n) is 8.06. The number of anilines is 1. The highest BCUT2D eigenvalue weighted by atomic mass is 35.5. The van der Waals surface area contributed by atoms with Crippen molar-refractivity contribution in [2.45, 2.75) is 31.7 Å². The lowest BCUT2D eigenvalue weighted by Gasteiger charge is -2.24. The van der Waals surface area contributed by atoms with Crippen LogP contribution >= 0.6 is 11.6 Å². The number of halogens is 1. The fraction of sp³-hybridized carbons (Fsp3) is 0.185. The van der Waals surface area contributed by atoms with Gasteiger partial charge in [-0.25, -0.2) is 10.0 Å². The Morgan fingerprint density at radius 2 is 1.77 bits per heavy atom. The van der Waals surface area contributed by atoms with Gasteiger partial charge in [-0.2, -0.15) is 5.26 Å². The van der Waals surface area contributed by atoms with E-state index in [4.69, 9.17) is 16.9 Å². The zero-order valence-electron chi connectivity index (χ0n) is 18.9. The molecule has 0 bridgehead atoms. The van der Waals surface area contributed by atoms with Crippen LogP contribution in [0.25, 0.3) is 0 Å². The van der Waals surface area contributed by atoms with Crippen molar-refractivity contribution in [3.63, 3.8) is 0 Å². The number of hydrogen-bond acceptors (Lipinski definition) is 4. The molecule has 1 fully saturated rings. The van der Waals surface area contributed by atoms with E-state index in [1.165, 1.54) is 5.01 Å². The van der Waals surface area contributed by atoms with Crippen LogP contribution in [0.4, 0.5) is 11.4 Å². The minimum Gasteiger partial charge on any atom is -0.326 e. The number of aryl methyl sites for hydroxylation is 1. The molecular formula is C27H24ClN5O2. The Balaban J connectivity index is 1.55. The third-order valence-corrected chi connectivity index (χ3v) is 6.03. The van der Waals surface area contributed by atoms with Crippen molar-refractivity contribution in [2.75, 3.05) is 5.32 Å². The molecule has 1 unspecified atom stereocenters. The van der Waals surface area contributed by atoms with E-state index in [0.29, 0.717) is 41.5 Å². The molecule has 8 heteroatoms. The third-order valence-electron chi connectivity index (χ3n) is 5.59. The zero-order chi connectivity index (χ0) is 24.6. The molecule has 0 aromatic heterocycles. The maximum Gasteiger partial charge on any atom is 0.250 e. The lowest BCUT2D eigenvalue weighted by Crippen LogP contribution is -2.41. The summed E-state index contributed by atoms with van der Waals surface area (Å²) in [6.07, 6.45) is 1.02. The number of para-hydroxylation sites is 1. The highest BCUT2D eigenvalue weighted by molar-refractivity contribution is 6.34. The molecule has 0 saturated carbocycles. The van der Waals surface area contributed by atoms with Gasteiger partial charge in [0.05, 0.1) is 22.8 Å². The molecule has 35 heavy (non-hydrogen) atoms. The van der Waals surface area contributed by atoms with E-state index >= 15 is 0 Å². The summed E-state index contributed by atoms with van der Waals surface area (Å²) in [4.78, 5) is 30.3. The van der Waals surface area contributed by atoms with Gasteiger partial charge in [0.1, 0.15) is 12.3 Å². The number of nitrogens with one attached hydrogen (secondary N) is 2. The number of benzene rings is 3. The van der Waals surface area contributed by atoms with Crippen molar-refractivity contribution in [2.24, 2.45) is 4.99 Å². The van der Waals surface area contributed by atoms with Gasteiger partial charge in [-0.05, 0) is 35.7 Å². The van der Waals surface area contributed by atoms with E-state index < -0.39 is 5.91 Å². The lowest BCUT2D eigenvalue weighted by atomic mass is 10.0. The molecule has 7 nitrogen and oxygen atoms in total. The summed E-state index contributed by atoms with van der Waals surface area (Å²) < 4.78 is 0. The number of rotatable bonds is 7. The summed E-state index contributed by atoms with van der Waals surface area (Å²) in [6.45, 7) is 0. The number of nitrogens with zero attached hydrogens (tertiary/aromatic N) is 3. The summed E-state index contributed by atoms with van der Waals surface area (Å²) in [5, 5.41) is 13.6. The van der Waals surface area contributed by atoms with Gasteiger partial charge >= 0.3 is 0 Å². The predicted molar refractivity (Wildman–Crippen MR) is 136 cm³/mol. The standard InChI is InChI=1S/C27H24ClN5O2/c28-27-20(12-8-16-29)11-7-15-22(27)31-24-17-23(19-9-3-1-4-10-19)33(32-24)26(35)18-25(34)30-21-13-5-2-6-14-21/h1-7,9-11,13-15,23H,8,12,17-18H2,(H,30,34)(H,31,32). The van der Waals surface area contributed by atoms with E-state index in [1.807, 2.05) is 60.7 Å². The van der Waals surface area contributed by atoms with E-state index in [2.05, 4.69) is 21.8 Å². The maximum atomic E-state index is 13.2. The molecule has 1 saturated heterocycles. The molecule has 2 amide bonds. The molecule has 2 N–H and O–H groups in total. The Morgan fingerprint density at radius 1 is 1.06 bits per heavy atom. The van der Waals surface area contributed by atoms with Crippen molar-refractivity contribution in [1.29, 1.82) is 5.26 Å². The van der Waals surface area contributed by atoms with Crippen LogP contribution in [0.2, 0.25) is 5.02 Å². The van der Waals surface area contributed by atoms with E-state index in [1.54, 1.807) is 18.2 Å². The van der Waals surface area contributed by atoms with Crippen molar-refractivity contribution < 1.29 is 9.59 Å². The van der Waals surface area contributed by atoms with Crippen LogP contribution in [0.15, 0.2) is 83.9 Å². The highest BCUT2D eigenvalue weighted by Crippen LogP contribution is 2.33. The average Bonchev–Trinajstić information content (AvgIpc) is 3.30. The first-order valence-electron chi connectivity index (χ1n) is 11.3. The second kappa shape index (κ2) is 11.3. The Labute approximate surface area is 209 Å². The van der Waals surface area contributed by atoms with E-state index in [0.717, 1.165) is 11.1 Å². The summed E-state index contributed by atoms with van der Waals surface area (Å²) in [5.74, 6) is -0.199. The molecular weight excluding hydrogens is 462 g/mol. The van der Waals surface area contributed by atoms with Crippen LogP contribution in [-0.4, -0.2) is 22.7 Å². The molecule has 0 aliphatic carbocycles. The molecule has 3 aromatic rings. The summed E-state index contributed by atoms with van der Waals surface area (Å²) in [7, 11) is 0. The monoisotopic (exact) mass is 485 g/mol. The van der Waals surface area contributed by atoms with Crippen LogP contribution < -0.4 is 10.7 Å². The second-order valence-corrected chi connectivity index (χ2v) is 8.44. The van der Waals surface area contributed by atoms with Gasteiger partial charge in [-0.15, -0.1) is 0 Å². The predicted octanol–water partition coefficient (Wildman–Crippen LogP) is 5.33. The summed E-state index contributed by atoms with van der Waals surface area (Å²) in [5.41, 5.74) is 6.06. The van der Waals surface area contributed by atoms with Crippen LogP contribution in [0.1, 0.15) is 36.4 Å². The lowest BCUT2D eigenvalue weighted by molar-refractivity contribution is -0.137. The number of amidine groups is 1.